The normalized spacial score (nSPS) is 11.3. The number of thiophene rings is 1. The van der Waals surface area contributed by atoms with Gasteiger partial charge in [0.2, 0.25) is 0 Å². The number of nitrogens with zero attached hydrogens (tertiary/aromatic N) is 1. The Labute approximate surface area is 142 Å². The molecular weight excluding hydrogens is 306 g/mol. The number of methoxy groups -OCH3 is 1. The van der Waals surface area contributed by atoms with Gasteiger partial charge in [0.25, 0.3) is 0 Å². The molecular formula is C18H25N3OS. The maximum Gasteiger partial charge on any atom is 0.190 e. The zero-order valence-corrected chi connectivity index (χ0v) is 14.7. The standard InChI is InChI=1S/C18H25N3OS/c1-19-18(21-13-11-17-6-4-14-23-17)20-12-3-5-15-7-9-16(22-2)10-8-15/h4,6-10,14H,3,5,11-13H2,1-2H3,(H2,19,20,21). The van der Waals surface area contributed by atoms with Crippen LogP contribution in [0.15, 0.2) is 46.8 Å². The highest BCUT2D eigenvalue weighted by Gasteiger charge is 1.99. The first kappa shape index (κ1) is 17.3. The molecule has 0 unspecified atom stereocenters. The number of rotatable bonds is 8. The van der Waals surface area contributed by atoms with E-state index in [1.54, 1.807) is 18.4 Å². The molecule has 0 fully saturated rings. The minimum Gasteiger partial charge on any atom is -0.497 e. The van der Waals surface area contributed by atoms with Crippen molar-refractivity contribution < 1.29 is 4.74 Å². The van der Waals surface area contributed by atoms with Gasteiger partial charge in [-0.2, -0.15) is 0 Å². The maximum atomic E-state index is 5.17. The molecule has 0 aliphatic heterocycles. The second-order valence-corrected chi connectivity index (χ2v) is 6.24. The summed E-state index contributed by atoms with van der Waals surface area (Å²) in [5.41, 5.74) is 1.33. The minimum atomic E-state index is 0.872. The van der Waals surface area contributed by atoms with Crippen LogP contribution in [-0.2, 0) is 12.8 Å². The molecule has 4 nitrogen and oxygen atoms in total. The number of aliphatic imine (C=N–C) groups is 1. The lowest BCUT2D eigenvalue weighted by molar-refractivity contribution is 0.414. The van der Waals surface area contributed by atoms with Crippen molar-refractivity contribution in [2.45, 2.75) is 19.3 Å². The van der Waals surface area contributed by atoms with Gasteiger partial charge in [-0.15, -0.1) is 11.3 Å². The van der Waals surface area contributed by atoms with Crippen LogP contribution in [-0.4, -0.2) is 33.2 Å². The van der Waals surface area contributed by atoms with E-state index in [4.69, 9.17) is 4.74 Å². The number of aryl methyl sites for hydroxylation is 1. The average molecular weight is 331 g/mol. The van der Waals surface area contributed by atoms with Crippen molar-refractivity contribution in [1.82, 2.24) is 10.6 Å². The van der Waals surface area contributed by atoms with Crippen LogP contribution in [0.25, 0.3) is 0 Å². The van der Waals surface area contributed by atoms with E-state index >= 15 is 0 Å². The van der Waals surface area contributed by atoms with E-state index < -0.39 is 0 Å². The molecule has 0 saturated carbocycles. The van der Waals surface area contributed by atoms with Crippen molar-refractivity contribution in [3.8, 4) is 5.75 Å². The minimum absolute atomic E-state index is 0.872. The zero-order valence-electron chi connectivity index (χ0n) is 13.8. The summed E-state index contributed by atoms with van der Waals surface area (Å²) in [5.74, 6) is 1.78. The molecule has 0 atom stereocenters. The van der Waals surface area contributed by atoms with E-state index in [2.05, 4.69) is 45.3 Å². The molecule has 0 aliphatic rings. The van der Waals surface area contributed by atoms with Crippen molar-refractivity contribution in [1.29, 1.82) is 0 Å². The van der Waals surface area contributed by atoms with Gasteiger partial charge in [-0.25, -0.2) is 0 Å². The molecule has 5 heteroatoms. The van der Waals surface area contributed by atoms with Gasteiger partial charge < -0.3 is 15.4 Å². The molecule has 1 aromatic heterocycles. The summed E-state index contributed by atoms with van der Waals surface area (Å²) in [6.45, 7) is 1.81. The Hall–Kier alpha value is -2.01. The van der Waals surface area contributed by atoms with Gasteiger partial charge in [0.15, 0.2) is 5.96 Å². The van der Waals surface area contributed by atoms with Crippen molar-refractivity contribution >= 4 is 17.3 Å². The molecule has 2 N–H and O–H groups in total. The molecule has 2 aromatic rings. The molecule has 0 bridgehead atoms. The first-order valence-electron chi connectivity index (χ1n) is 7.91. The predicted octanol–water partition coefficient (Wildman–Crippen LogP) is 3.10. The Morgan fingerprint density at radius 2 is 1.87 bits per heavy atom. The summed E-state index contributed by atoms with van der Waals surface area (Å²) in [6.07, 6.45) is 3.14. The molecule has 23 heavy (non-hydrogen) atoms. The van der Waals surface area contributed by atoms with E-state index in [-0.39, 0.29) is 0 Å². The lowest BCUT2D eigenvalue weighted by Crippen LogP contribution is -2.38. The van der Waals surface area contributed by atoms with Gasteiger partial charge in [-0.05, 0) is 48.4 Å². The maximum absolute atomic E-state index is 5.17. The van der Waals surface area contributed by atoms with Crippen LogP contribution in [0.4, 0.5) is 0 Å². The van der Waals surface area contributed by atoms with Gasteiger partial charge in [0.05, 0.1) is 7.11 Å². The van der Waals surface area contributed by atoms with Crippen LogP contribution >= 0.6 is 11.3 Å². The van der Waals surface area contributed by atoms with E-state index in [0.717, 1.165) is 44.1 Å². The number of hydrogen-bond donors (Lipinski definition) is 2. The molecule has 0 amide bonds. The van der Waals surface area contributed by atoms with Crippen molar-refractivity contribution in [3.05, 3.63) is 52.2 Å². The third kappa shape index (κ3) is 6.32. The predicted molar refractivity (Wildman–Crippen MR) is 98.7 cm³/mol. The van der Waals surface area contributed by atoms with E-state index in [1.165, 1.54) is 10.4 Å². The molecule has 2 rings (SSSR count). The highest BCUT2D eigenvalue weighted by molar-refractivity contribution is 7.09. The van der Waals surface area contributed by atoms with Crippen molar-refractivity contribution in [3.63, 3.8) is 0 Å². The van der Waals surface area contributed by atoms with Gasteiger partial charge >= 0.3 is 0 Å². The Bertz CT molecular complexity index is 579. The van der Waals surface area contributed by atoms with Gasteiger partial charge in [0.1, 0.15) is 5.75 Å². The lowest BCUT2D eigenvalue weighted by Gasteiger charge is -2.11. The Balaban J connectivity index is 1.61. The molecule has 1 aromatic carbocycles. The van der Waals surface area contributed by atoms with E-state index in [1.807, 2.05) is 19.2 Å². The first-order chi connectivity index (χ1) is 11.3. The highest BCUT2D eigenvalue weighted by atomic mass is 32.1. The third-order valence-electron chi connectivity index (χ3n) is 3.56. The van der Waals surface area contributed by atoms with Gasteiger partial charge in [0, 0.05) is 25.0 Å². The summed E-state index contributed by atoms with van der Waals surface area (Å²) < 4.78 is 5.17. The fraction of sp³-hybridized carbons (Fsp3) is 0.389. The van der Waals surface area contributed by atoms with Crippen molar-refractivity contribution in [2.24, 2.45) is 4.99 Å². The average Bonchev–Trinajstić information content (AvgIpc) is 3.11. The number of benzene rings is 1. The zero-order chi connectivity index (χ0) is 16.3. The molecule has 0 aliphatic carbocycles. The van der Waals surface area contributed by atoms with E-state index in [9.17, 15) is 0 Å². The second-order valence-electron chi connectivity index (χ2n) is 5.21. The number of nitrogens with one attached hydrogen (secondary N) is 2. The smallest absolute Gasteiger partial charge is 0.190 e. The summed E-state index contributed by atoms with van der Waals surface area (Å²) in [5, 5.41) is 8.82. The van der Waals surface area contributed by atoms with Crippen LogP contribution in [0.2, 0.25) is 0 Å². The Kier molecular flexibility index (Phi) is 7.46. The first-order valence-corrected chi connectivity index (χ1v) is 8.79. The third-order valence-corrected chi connectivity index (χ3v) is 4.50. The van der Waals surface area contributed by atoms with Crippen LogP contribution in [0.3, 0.4) is 0 Å². The molecule has 124 valence electrons. The fourth-order valence-corrected chi connectivity index (χ4v) is 2.98. The van der Waals surface area contributed by atoms with E-state index in [0.29, 0.717) is 0 Å². The lowest BCUT2D eigenvalue weighted by atomic mass is 10.1. The SMILES string of the molecule is CN=C(NCCCc1ccc(OC)cc1)NCCc1cccs1. The Morgan fingerprint density at radius 3 is 2.52 bits per heavy atom. The van der Waals surface area contributed by atoms with Crippen LogP contribution in [0, 0.1) is 0 Å². The number of hydrogen-bond acceptors (Lipinski definition) is 3. The molecule has 0 spiro atoms. The summed E-state index contributed by atoms with van der Waals surface area (Å²) in [4.78, 5) is 5.65. The summed E-state index contributed by atoms with van der Waals surface area (Å²) in [7, 11) is 3.50. The molecule has 0 saturated heterocycles. The summed E-state index contributed by atoms with van der Waals surface area (Å²) in [6, 6.07) is 12.5. The summed E-state index contributed by atoms with van der Waals surface area (Å²) >= 11 is 1.79. The topological polar surface area (TPSA) is 45.7 Å². The number of ether oxygens (including phenoxy) is 1. The quantitative estimate of drug-likeness (QED) is 0.444. The van der Waals surface area contributed by atoms with Crippen molar-refractivity contribution in [2.75, 3.05) is 27.2 Å². The fourth-order valence-electron chi connectivity index (χ4n) is 2.27. The van der Waals surface area contributed by atoms with Gasteiger partial charge in [-0.1, -0.05) is 18.2 Å². The van der Waals surface area contributed by atoms with Gasteiger partial charge in [-0.3, -0.25) is 4.99 Å². The molecule has 0 radical (unpaired) electrons. The van der Waals surface area contributed by atoms with Crippen LogP contribution < -0.4 is 15.4 Å². The van der Waals surface area contributed by atoms with Crippen LogP contribution in [0.5, 0.6) is 5.75 Å². The monoisotopic (exact) mass is 331 g/mol. The highest BCUT2D eigenvalue weighted by Crippen LogP contribution is 2.12. The Morgan fingerprint density at radius 1 is 1.09 bits per heavy atom. The largest absolute Gasteiger partial charge is 0.497 e. The van der Waals surface area contributed by atoms with Crippen LogP contribution in [0.1, 0.15) is 16.9 Å². The second kappa shape index (κ2) is 9.90. The molecule has 1 heterocycles. The number of guanidine groups is 1.